The number of esters is 1. The molecule has 1 aromatic carbocycles. The number of carbonyl (C=O) groups excluding carboxylic acids is 1. The number of ether oxygens (including phenoxy) is 1. The van der Waals surface area contributed by atoms with Gasteiger partial charge in [0.25, 0.3) is 0 Å². The highest BCUT2D eigenvalue weighted by Crippen LogP contribution is 2.23. The average molecular weight is 305 g/mol. The zero-order valence-corrected chi connectivity index (χ0v) is 11.7. The predicted octanol–water partition coefficient (Wildman–Crippen LogP) is 3.57. The van der Waals surface area contributed by atoms with Gasteiger partial charge in [0.05, 0.1) is 5.56 Å². The van der Waals surface area contributed by atoms with E-state index < -0.39 is 18.8 Å². The largest absolute Gasteiger partial charge is 0.452 e. The molecule has 6 heteroatoms. The van der Waals surface area contributed by atoms with Crippen molar-refractivity contribution in [2.24, 2.45) is 0 Å². The van der Waals surface area contributed by atoms with Crippen molar-refractivity contribution in [2.75, 3.05) is 18.1 Å². The maximum atomic E-state index is 12.0. The van der Waals surface area contributed by atoms with Crippen molar-refractivity contribution in [2.45, 2.75) is 30.3 Å². The standard InChI is InChI=1S/C14H16F3O2S/c15-14(16,17)10-19-13(18)11-4-6-12(7-5-11)20-8-2-1-3-9-20/h4-7H,1-3,8-10H2/q+1. The Balaban J connectivity index is 1.95. The summed E-state index contributed by atoms with van der Waals surface area (Å²) in [5, 5.41) is 0. The molecule has 1 fully saturated rings. The SMILES string of the molecule is O=C(OCC(F)(F)F)c1ccc([S+]2CCCCC2)cc1. The third-order valence-electron chi connectivity index (χ3n) is 3.07. The number of halogens is 3. The van der Waals surface area contributed by atoms with Gasteiger partial charge in [-0.05, 0) is 43.5 Å². The molecular formula is C14H16F3O2S+. The summed E-state index contributed by atoms with van der Waals surface area (Å²) >= 11 is 0. The summed E-state index contributed by atoms with van der Waals surface area (Å²) in [7, 11) is 0.221. The van der Waals surface area contributed by atoms with Crippen molar-refractivity contribution in [1.29, 1.82) is 0 Å². The lowest BCUT2D eigenvalue weighted by Crippen LogP contribution is -2.20. The van der Waals surface area contributed by atoms with Gasteiger partial charge in [0.1, 0.15) is 11.5 Å². The Kier molecular flexibility index (Phi) is 4.96. The third kappa shape index (κ3) is 4.44. The van der Waals surface area contributed by atoms with Crippen LogP contribution < -0.4 is 0 Å². The second-order valence-corrected chi connectivity index (χ2v) is 6.95. The van der Waals surface area contributed by atoms with Crippen molar-refractivity contribution in [3.8, 4) is 0 Å². The molecule has 0 bridgehead atoms. The first-order valence-corrected chi connectivity index (χ1v) is 8.03. The molecule has 0 atom stereocenters. The first-order chi connectivity index (χ1) is 9.46. The summed E-state index contributed by atoms with van der Waals surface area (Å²) < 4.78 is 40.1. The van der Waals surface area contributed by atoms with Crippen LogP contribution in [0.15, 0.2) is 29.2 Å². The van der Waals surface area contributed by atoms with Gasteiger partial charge in [-0.15, -0.1) is 0 Å². The van der Waals surface area contributed by atoms with Gasteiger partial charge in [0, 0.05) is 10.9 Å². The summed E-state index contributed by atoms with van der Waals surface area (Å²) in [5.41, 5.74) is 0.165. The van der Waals surface area contributed by atoms with Gasteiger partial charge in [-0.25, -0.2) is 4.79 Å². The molecule has 0 radical (unpaired) electrons. The molecule has 1 saturated heterocycles. The summed E-state index contributed by atoms with van der Waals surface area (Å²) in [6.45, 7) is -1.54. The van der Waals surface area contributed by atoms with Crippen LogP contribution in [0.1, 0.15) is 29.6 Å². The topological polar surface area (TPSA) is 26.3 Å². The maximum absolute atomic E-state index is 12.0. The molecule has 2 rings (SSSR count). The quantitative estimate of drug-likeness (QED) is 0.630. The minimum Gasteiger partial charge on any atom is -0.452 e. The first-order valence-electron chi connectivity index (χ1n) is 6.47. The Labute approximate surface area is 118 Å². The van der Waals surface area contributed by atoms with Crippen LogP contribution in [0.5, 0.6) is 0 Å². The lowest BCUT2D eigenvalue weighted by atomic mass is 10.2. The number of alkyl halides is 3. The van der Waals surface area contributed by atoms with E-state index in [2.05, 4.69) is 4.74 Å². The number of carbonyl (C=O) groups is 1. The third-order valence-corrected chi connectivity index (χ3v) is 5.57. The van der Waals surface area contributed by atoms with Crippen LogP contribution >= 0.6 is 0 Å². The number of rotatable bonds is 3. The van der Waals surface area contributed by atoms with E-state index in [0.717, 1.165) is 11.5 Å². The van der Waals surface area contributed by atoms with Crippen LogP contribution in [-0.2, 0) is 15.6 Å². The first kappa shape index (κ1) is 15.2. The molecule has 0 aliphatic carbocycles. The minimum absolute atomic E-state index is 0.165. The van der Waals surface area contributed by atoms with Crippen molar-refractivity contribution in [3.05, 3.63) is 29.8 Å². The number of hydrogen-bond donors (Lipinski definition) is 0. The summed E-state index contributed by atoms with van der Waals surface area (Å²) in [4.78, 5) is 12.6. The van der Waals surface area contributed by atoms with Crippen molar-refractivity contribution < 1.29 is 22.7 Å². The van der Waals surface area contributed by atoms with E-state index in [9.17, 15) is 18.0 Å². The number of hydrogen-bond acceptors (Lipinski definition) is 2. The fraction of sp³-hybridized carbons (Fsp3) is 0.500. The normalized spacial score (nSPS) is 16.9. The lowest BCUT2D eigenvalue weighted by Gasteiger charge is -2.13. The van der Waals surface area contributed by atoms with Gasteiger partial charge in [-0.1, -0.05) is 0 Å². The molecule has 0 saturated carbocycles. The zero-order valence-electron chi connectivity index (χ0n) is 10.9. The van der Waals surface area contributed by atoms with Gasteiger partial charge in [0.15, 0.2) is 11.5 Å². The van der Waals surface area contributed by atoms with E-state index in [1.807, 2.05) is 12.1 Å². The summed E-state index contributed by atoms with van der Waals surface area (Å²) in [5.74, 6) is 1.40. The van der Waals surface area contributed by atoms with Crippen LogP contribution in [0, 0.1) is 0 Å². The molecule has 1 aromatic rings. The smallest absolute Gasteiger partial charge is 0.422 e. The lowest BCUT2D eigenvalue weighted by molar-refractivity contribution is -0.161. The second-order valence-electron chi connectivity index (χ2n) is 4.68. The van der Waals surface area contributed by atoms with Crippen molar-refractivity contribution in [3.63, 3.8) is 0 Å². The highest BCUT2D eigenvalue weighted by Gasteiger charge is 2.30. The molecule has 0 spiro atoms. The van der Waals surface area contributed by atoms with E-state index in [0.29, 0.717) is 0 Å². The number of benzene rings is 1. The molecule has 20 heavy (non-hydrogen) atoms. The van der Waals surface area contributed by atoms with Gasteiger partial charge >= 0.3 is 12.1 Å². The Hall–Kier alpha value is -1.17. The van der Waals surface area contributed by atoms with Crippen LogP contribution in [0.4, 0.5) is 13.2 Å². The zero-order chi connectivity index (χ0) is 14.6. The molecule has 110 valence electrons. The van der Waals surface area contributed by atoms with E-state index in [1.165, 1.54) is 24.2 Å². The van der Waals surface area contributed by atoms with Crippen molar-refractivity contribution in [1.82, 2.24) is 0 Å². The van der Waals surface area contributed by atoms with Gasteiger partial charge in [-0.2, -0.15) is 13.2 Å². The van der Waals surface area contributed by atoms with Gasteiger partial charge in [-0.3, -0.25) is 0 Å². The predicted molar refractivity (Wildman–Crippen MR) is 72.0 cm³/mol. The highest BCUT2D eigenvalue weighted by molar-refractivity contribution is 7.96. The highest BCUT2D eigenvalue weighted by atomic mass is 32.2. The monoisotopic (exact) mass is 305 g/mol. The molecule has 0 N–H and O–H groups in total. The Morgan fingerprint density at radius 3 is 2.25 bits per heavy atom. The Morgan fingerprint density at radius 2 is 1.70 bits per heavy atom. The maximum Gasteiger partial charge on any atom is 0.422 e. The molecule has 0 aromatic heterocycles. The van der Waals surface area contributed by atoms with E-state index in [1.54, 1.807) is 12.1 Å². The molecule has 1 aliphatic rings. The van der Waals surface area contributed by atoms with Crippen LogP contribution in [0.2, 0.25) is 0 Å². The fourth-order valence-electron chi connectivity index (χ4n) is 2.08. The Bertz CT molecular complexity index is 450. The molecule has 2 nitrogen and oxygen atoms in total. The molecule has 1 heterocycles. The Morgan fingerprint density at radius 1 is 1.10 bits per heavy atom. The van der Waals surface area contributed by atoms with E-state index >= 15 is 0 Å². The van der Waals surface area contributed by atoms with E-state index in [-0.39, 0.29) is 16.5 Å². The molecule has 1 aliphatic heterocycles. The van der Waals surface area contributed by atoms with Crippen LogP contribution in [-0.4, -0.2) is 30.3 Å². The molecule has 0 amide bonds. The van der Waals surface area contributed by atoms with Gasteiger partial charge < -0.3 is 4.74 Å². The molecular weight excluding hydrogens is 289 g/mol. The summed E-state index contributed by atoms with van der Waals surface area (Å²) in [6.07, 6.45) is -0.776. The summed E-state index contributed by atoms with van der Waals surface area (Å²) in [6, 6.07) is 6.77. The average Bonchev–Trinajstić information content (AvgIpc) is 2.45. The molecule has 0 unspecified atom stereocenters. The van der Waals surface area contributed by atoms with Crippen LogP contribution in [0.3, 0.4) is 0 Å². The van der Waals surface area contributed by atoms with Crippen molar-refractivity contribution >= 4 is 16.9 Å². The van der Waals surface area contributed by atoms with E-state index in [4.69, 9.17) is 0 Å². The van der Waals surface area contributed by atoms with Gasteiger partial charge in [0.2, 0.25) is 0 Å². The fourth-order valence-corrected chi connectivity index (χ4v) is 4.38. The minimum atomic E-state index is -4.49. The second kappa shape index (κ2) is 6.52. The van der Waals surface area contributed by atoms with Crippen LogP contribution in [0.25, 0.3) is 0 Å².